The second kappa shape index (κ2) is 8.41. The maximum absolute atomic E-state index is 12.1. The van der Waals surface area contributed by atoms with Crippen molar-refractivity contribution in [3.8, 4) is 11.5 Å². The summed E-state index contributed by atoms with van der Waals surface area (Å²) in [6.07, 6.45) is 3.90. The van der Waals surface area contributed by atoms with Crippen molar-refractivity contribution in [3.63, 3.8) is 0 Å². The molecular weight excluding hydrogens is 391 g/mol. The molecule has 0 saturated heterocycles. The summed E-state index contributed by atoms with van der Waals surface area (Å²) in [5, 5.41) is 0.845. The standard InChI is InChI=1S/C19H16Cl2N2O4/c1-3-6-26-17-13(21)7-11(9-16(17)25-2)8-15-19(24)27-18(23-15)14-10-12(20)4-5-22-14/h4-5,7-10H,3,6H2,1-2H3/b15-8-. The van der Waals surface area contributed by atoms with Crippen LogP contribution in [0.2, 0.25) is 10.0 Å². The van der Waals surface area contributed by atoms with E-state index in [0.717, 1.165) is 6.42 Å². The summed E-state index contributed by atoms with van der Waals surface area (Å²) in [6.45, 7) is 2.51. The van der Waals surface area contributed by atoms with E-state index >= 15 is 0 Å². The van der Waals surface area contributed by atoms with Crippen LogP contribution >= 0.6 is 23.2 Å². The van der Waals surface area contributed by atoms with Gasteiger partial charge in [0.25, 0.3) is 0 Å². The fourth-order valence-electron chi connectivity index (χ4n) is 2.37. The monoisotopic (exact) mass is 406 g/mol. The minimum absolute atomic E-state index is 0.0923. The number of halogens is 2. The minimum Gasteiger partial charge on any atom is -0.493 e. The van der Waals surface area contributed by atoms with Gasteiger partial charge in [-0.1, -0.05) is 30.1 Å². The molecular formula is C19H16Cl2N2O4. The van der Waals surface area contributed by atoms with Gasteiger partial charge in [-0.05, 0) is 42.3 Å². The van der Waals surface area contributed by atoms with Crippen molar-refractivity contribution < 1.29 is 19.0 Å². The topological polar surface area (TPSA) is 70.0 Å². The number of carbonyl (C=O) groups is 1. The Hall–Kier alpha value is -2.57. The Balaban J connectivity index is 1.94. The molecule has 3 rings (SSSR count). The molecule has 27 heavy (non-hydrogen) atoms. The first-order valence-electron chi connectivity index (χ1n) is 8.16. The summed E-state index contributed by atoms with van der Waals surface area (Å²) in [7, 11) is 1.52. The van der Waals surface area contributed by atoms with Gasteiger partial charge < -0.3 is 14.2 Å². The van der Waals surface area contributed by atoms with E-state index < -0.39 is 5.97 Å². The zero-order chi connectivity index (χ0) is 19.4. The van der Waals surface area contributed by atoms with Gasteiger partial charge in [0, 0.05) is 11.2 Å². The van der Waals surface area contributed by atoms with Crippen LogP contribution in [0.3, 0.4) is 0 Å². The number of ether oxygens (including phenoxy) is 3. The highest BCUT2D eigenvalue weighted by Gasteiger charge is 2.25. The van der Waals surface area contributed by atoms with Gasteiger partial charge in [-0.3, -0.25) is 4.98 Å². The zero-order valence-electron chi connectivity index (χ0n) is 14.7. The predicted molar refractivity (Wildman–Crippen MR) is 104 cm³/mol. The summed E-state index contributed by atoms with van der Waals surface area (Å²) in [5.41, 5.74) is 1.11. The SMILES string of the molecule is CCCOc1c(Cl)cc(/C=C2\N=C(c3cc(Cl)ccn3)OC2=O)cc1OC. The van der Waals surface area contributed by atoms with Crippen LogP contribution in [0.5, 0.6) is 11.5 Å². The number of carbonyl (C=O) groups excluding carboxylic acids is 1. The number of nitrogens with zero attached hydrogens (tertiary/aromatic N) is 2. The highest BCUT2D eigenvalue weighted by atomic mass is 35.5. The fraction of sp³-hybridized carbons (Fsp3) is 0.211. The molecule has 1 aromatic carbocycles. The van der Waals surface area contributed by atoms with Crippen LogP contribution in [0.25, 0.3) is 6.08 Å². The van der Waals surface area contributed by atoms with Gasteiger partial charge in [0.1, 0.15) is 5.69 Å². The quantitative estimate of drug-likeness (QED) is 0.520. The highest BCUT2D eigenvalue weighted by molar-refractivity contribution is 6.32. The molecule has 0 amide bonds. The lowest BCUT2D eigenvalue weighted by molar-refractivity contribution is -0.129. The Morgan fingerprint density at radius 1 is 1.26 bits per heavy atom. The first kappa shape index (κ1) is 19.2. The van der Waals surface area contributed by atoms with Crippen LogP contribution in [0.15, 0.2) is 41.2 Å². The van der Waals surface area contributed by atoms with Gasteiger partial charge in [-0.15, -0.1) is 0 Å². The molecule has 6 nitrogen and oxygen atoms in total. The summed E-state index contributed by atoms with van der Waals surface area (Å²) in [4.78, 5) is 20.4. The molecule has 0 N–H and O–H groups in total. The fourth-order valence-corrected chi connectivity index (χ4v) is 2.80. The van der Waals surface area contributed by atoms with Crippen LogP contribution < -0.4 is 9.47 Å². The average Bonchev–Trinajstić information content (AvgIpc) is 3.01. The number of hydrogen-bond acceptors (Lipinski definition) is 6. The van der Waals surface area contributed by atoms with E-state index in [1.807, 2.05) is 6.92 Å². The second-order valence-electron chi connectivity index (χ2n) is 5.58. The number of methoxy groups -OCH3 is 1. The van der Waals surface area contributed by atoms with Crippen LogP contribution in [0.4, 0.5) is 0 Å². The Labute approximate surface area is 166 Å². The van der Waals surface area contributed by atoms with Gasteiger partial charge in [0.15, 0.2) is 17.2 Å². The smallest absolute Gasteiger partial charge is 0.363 e. The van der Waals surface area contributed by atoms with Crippen LogP contribution in [-0.4, -0.2) is 30.6 Å². The Kier molecular flexibility index (Phi) is 5.98. The molecule has 140 valence electrons. The average molecular weight is 407 g/mol. The van der Waals surface area contributed by atoms with Gasteiger partial charge in [0.05, 0.1) is 18.7 Å². The molecule has 8 heteroatoms. The maximum atomic E-state index is 12.1. The van der Waals surface area contributed by atoms with Crippen LogP contribution in [0.1, 0.15) is 24.6 Å². The van der Waals surface area contributed by atoms with Gasteiger partial charge in [0.2, 0.25) is 5.90 Å². The van der Waals surface area contributed by atoms with Crippen molar-refractivity contribution in [1.29, 1.82) is 0 Å². The van der Waals surface area contributed by atoms with Crippen molar-refractivity contribution in [2.45, 2.75) is 13.3 Å². The number of pyridine rings is 1. The van der Waals surface area contributed by atoms with Crippen LogP contribution in [0, 0.1) is 0 Å². The predicted octanol–water partition coefficient (Wildman–Crippen LogP) is 4.53. The second-order valence-corrected chi connectivity index (χ2v) is 6.42. The van der Waals surface area contributed by atoms with E-state index in [1.165, 1.54) is 13.3 Å². The van der Waals surface area contributed by atoms with Crippen molar-refractivity contribution in [2.75, 3.05) is 13.7 Å². The van der Waals surface area contributed by atoms with Crippen molar-refractivity contribution in [3.05, 3.63) is 57.5 Å². The minimum atomic E-state index is -0.590. The number of benzene rings is 1. The molecule has 0 radical (unpaired) electrons. The van der Waals surface area contributed by atoms with E-state index in [1.54, 1.807) is 30.3 Å². The summed E-state index contributed by atoms with van der Waals surface area (Å²) >= 11 is 12.2. The first-order chi connectivity index (χ1) is 13.0. The van der Waals surface area contributed by atoms with Crippen molar-refractivity contribution >= 4 is 41.1 Å². The van der Waals surface area contributed by atoms with Crippen LogP contribution in [-0.2, 0) is 9.53 Å². The van der Waals surface area contributed by atoms with Crippen molar-refractivity contribution in [2.24, 2.45) is 4.99 Å². The molecule has 0 unspecified atom stereocenters. The van der Waals surface area contributed by atoms with Crippen molar-refractivity contribution in [1.82, 2.24) is 4.98 Å². The Morgan fingerprint density at radius 2 is 2.07 bits per heavy atom. The van der Waals surface area contributed by atoms with E-state index in [2.05, 4.69) is 9.98 Å². The molecule has 2 aromatic rings. The molecule has 1 aliphatic rings. The molecule has 0 bridgehead atoms. The maximum Gasteiger partial charge on any atom is 0.363 e. The summed E-state index contributed by atoms with van der Waals surface area (Å²) in [5.74, 6) is 0.433. The third-order valence-electron chi connectivity index (χ3n) is 3.57. The number of cyclic esters (lactones) is 1. The molecule has 0 saturated carbocycles. The molecule has 0 atom stereocenters. The molecule has 2 heterocycles. The normalized spacial score (nSPS) is 14.9. The van der Waals surface area contributed by atoms with E-state index in [9.17, 15) is 4.79 Å². The Morgan fingerprint density at radius 3 is 2.78 bits per heavy atom. The third kappa shape index (κ3) is 4.40. The van der Waals surface area contributed by atoms with E-state index in [-0.39, 0.29) is 11.6 Å². The van der Waals surface area contributed by atoms with Gasteiger partial charge >= 0.3 is 5.97 Å². The van der Waals surface area contributed by atoms with Gasteiger partial charge in [-0.2, -0.15) is 0 Å². The van der Waals surface area contributed by atoms with E-state index in [0.29, 0.717) is 39.4 Å². The number of rotatable bonds is 6. The summed E-state index contributed by atoms with van der Waals surface area (Å²) < 4.78 is 16.1. The lowest BCUT2D eigenvalue weighted by atomic mass is 10.1. The molecule has 0 fully saturated rings. The lowest BCUT2D eigenvalue weighted by Gasteiger charge is -2.12. The third-order valence-corrected chi connectivity index (χ3v) is 4.08. The lowest BCUT2D eigenvalue weighted by Crippen LogP contribution is -2.07. The molecule has 1 aliphatic heterocycles. The highest BCUT2D eigenvalue weighted by Crippen LogP contribution is 2.37. The number of aliphatic imine (C=N–C) groups is 1. The van der Waals surface area contributed by atoms with E-state index in [4.69, 9.17) is 37.4 Å². The molecule has 0 spiro atoms. The number of aromatic nitrogens is 1. The first-order valence-corrected chi connectivity index (χ1v) is 8.92. The summed E-state index contributed by atoms with van der Waals surface area (Å²) in [6, 6.07) is 6.56. The molecule has 1 aromatic heterocycles. The molecule has 0 aliphatic carbocycles. The number of esters is 1. The zero-order valence-corrected chi connectivity index (χ0v) is 16.2. The Bertz CT molecular complexity index is 941. The van der Waals surface area contributed by atoms with Gasteiger partial charge in [-0.25, -0.2) is 9.79 Å². The largest absolute Gasteiger partial charge is 0.493 e. The number of hydrogen-bond donors (Lipinski definition) is 0.